The van der Waals surface area contributed by atoms with Crippen LogP contribution in [-0.2, 0) is 22.9 Å². The third kappa shape index (κ3) is 4.49. The van der Waals surface area contributed by atoms with Gasteiger partial charge in [-0.2, -0.15) is 5.26 Å². The molecule has 4 rings (SSSR count). The predicted octanol–water partition coefficient (Wildman–Crippen LogP) is 1.92. The second kappa shape index (κ2) is 9.50. The summed E-state index contributed by atoms with van der Waals surface area (Å²) in [5.41, 5.74) is 1.08. The Kier molecular flexibility index (Phi) is 6.90. The highest BCUT2D eigenvalue weighted by Crippen LogP contribution is 2.50. The molecule has 12 heteroatoms. The van der Waals surface area contributed by atoms with E-state index in [1.807, 2.05) is 6.07 Å². The molecule has 10 nitrogen and oxygen atoms in total. The number of halogens is 1. The number of amides is 2. The summed E-state index contributed by atoms with van der Waals surface area (Å²) >= 11 is 5.89. The van der Waals surface area contributed by atoms with Gasteiger partial charge in [0.1, 0.15) is 5.69 Å². The number of carbonyl (C=O) groups is 2. The standard InChI is InChI=1S/C24H28ClN5O5S/c1-23(2,19(31)7-10-26)36(34,35)24(8-9-24)15-29-11-12-30-18(22(29)33)14-27-20(30)21(32)28-13-16-3-5-17(25)6-4-16/h3-6,14,19,31H,7-9,11-13,15H2,1-2H3,(H,28,32)/t19-/m1/s1. The number of aliphatic hydroxyl groups excluding tert-OH is 1. The molecule has 2 aliphatic rings. The van der Waals surface area contributed by atoms with Gasteiger partial charge >= 0.3 is 0 Å². The number of sulfone groups is 1. The first-order valence-electron chi connectivity index (χ1n) is 11.6. The molecular formula is C24H28ClN5O5S. The van der Waals surface area contributed by atoms with Gasteiger partial charge in [-0.05, 0) is 44.4 Å². The molecule has 1 fully saturated rings. The maximum absolute atomic E-state index is 13.5. The first kappa shape index (κ1) is 26.1. The number of nitriles is 1. The number of aliphatic hydroxyl groups is 1. The highest BCUT2D eigenvalue weighted by Gasteiger charge is 2.62. The second-order valence-electron chi connectivity index (χ2n) is 9.82. The van der Waals surface area contributed by atoms with Crippen LogP contribution in [0.15, 0.2) is 30.5 Å². The van der Waals surface area contributed by atoms with Gasteiger partial charge in [-0.1, -0.05) is 23.7 Å². The number of nitrogens with zero attached hydrogens (tertiary/aromatic N) is 4. The van der Waals surface area contributed by atoms with Crippen LogP contribution in [0.2, 0.25) is 5.02 Å². The van der Waals surface area contributed by atoms with Gasteiger partial charge in [0.15, 0.2) is 15.7 Å². The maximum atomic E-state index is 13.5. The molecule has 1 aromatic heterocycles. The molecule has 0 spiro atoms. The van der Waals surface area contributed by atoms with E-state index < -0.39 is 37.2 Å². The van der Waals surface area contributed by atoms with Crippen LogP contribution in [0.1, 0.15) is 59.8 Å². The Morgan fingerprint density at radius 2 is 1.97 bits per heavy atom. The van der Waals surface area contributed by atoms with Crippen molar-refractivity contribution >= 4 is 33.3 Å². The number of fused-ring (bicyclic) bond motifs is 1. The number of benzene rings is 1. The fraction of sp³-hybridized carbons (Fsp3) is 0.500. The molecule has 36 heavy (non-hydrogen) atoms. The molecule has 2 amide bonds. The van der Waals surface area contributed by atoms with E-state index in [2.05, 4.69) is 10.3 Å². The molecule has 1 saturated carbocycles. The number of hydrogen-bond acceptors (Lipinski definition) is 7. The van der Waals surface area contributed by atoms with Crippen LogP contribution in [0.4, 0.5) is 0 Å². The molecule has 2 N–H and O–H groups in total. The van der Waals surface area contributed by atoms with Crippen molar-refractivity contribution in [2.24, 2.45) is 0 Å². The van der Waals surface area contributed by atoms with Gasteiger partial charge in [-0.15, -0.1) is 0 Å². The maximum Gasteiger partial charge on any atom is 0.287 e. The molecule has 1 aromatic carbocycles. The first-order chi connectivity index (χ1) is 16.9. The predicted molar refractivity (Wildman–Crippen MR) is 132 cm³/mol. The van der Waals surface area contributed by atoms with Crippen molar-refractivity contribution in [3.05, 3.63) is 52.6 Å². The van der Waals surface area contributed by atoms with Crippen LogP contribution in [0.3, 0.4) is 0 Å². The van der Waals surface area contributed by atoms with E-state index in [4.69, 9.17) is 16.9 Å². The molecule has 0 unspecified atom stereocenters. The summed E-state index contributed by atoms with van der Waals surface area (Å²) in [7, 11) is -3.88. The summed E-state index contributed by atoms with van der Waals surface area (Å²) in [6.45, 7) is 3.62. The molecule has 0 saturated heterocycles. The van der Waals surface area contributed by atoms with E-state index in [0.29, 0.717) is 24.4 Å². The minimum Gasteiger partial charge on any atom is -0.390 e. The molecule has 2 heterocycles. The van der Waals surface area contributed by atoms with Crippen molar-refractivity contribution in [2.75, 3.05) is 13.1 Å². The van der Waals surface area contributed by atoms with Gasteiger partial charge in [0, 0.05) is 31.2 Å². The summed E-state index contributed by atoms with van der Waals surface area (Å²) in [5, 5.41) is 22.6. The smallest absolute Gasteiger partial charge is 0.287 e. The van der Waals surface area contributed by atoms with Gasteiger partial charge in [0.05, 0.1) is 34.3 Å². The molecule has 1 aliphatic heterocycles. The quantitative estimate of drug-likeness (QED) is 0.500. The minimum absolute atomic E-state index is 0.0137. The summed E-state index contributed by atoms with van der Waals surface area (Å²) in [6.07, 6.45) is 0.448. The Bertz CT molecular complexity index is 1330. The highest BCUT2D eigenvalue weighted by molar-refractivity contribution is 7.94. The Labute approximate surface area is 214 Å². The van der Waals surface area contributed by atoms with E-state index in [1.54, 1.807) is 28.8 Å². The molecule has 1 aliphatic carbocycles. The van der Waals surface area contributed by atoms with E-state index in [-0.39, 0.29) is 37.6 Å². The largest absolute Gasteiger partial charge is 0.390 e. The zero-order chi connectivity index (χ0) is 26.3. The average molecular weight is 534 g/mol. The molecular weight excluding hydrogens is 506 g/mol. The number of rotatable bonds is 9. The Balaban J connectivity index is 1.46. The molecule has 2 aromatic rings. The SMILES string of the molecule is CC(C)([C@H](O)CC#N)S(=O)(=O)C1(CN2CCn3c(cnc3C(=O)NCc3ccc(Cl)cc3)C2=O)CC1. The normalized spacial score (nSPS) is 17.8. The molecule has 1 atom stereocenters. The van der Waals surface area contributed by atoms with Gasteiger partial charge in [-0.3, -0.25) is 9.59 Å². The Morgan fingerprint density at radius 3 is 2.58 bits per heavy atom. The Morgan fingerprint density at radius 1 is 1.31 bits per heavy atom. The monoisotopic (exact) mass is 533 g/mol. The summed E-state index contributed by atoms with van der Waals surface area (Å²) in [4.78, 5) is 31.6. The van der Waals surface area contributed by atoms with Crippen molar-refractivity contribution in [3.8, 4) is 6.07 Å². The van der Waals surface area contributed by atoms with Crippen LogP contribution in [0.5, 0.6) is 0 Å². The van der Waals surface area contributed by atoms with E-state index in [9.17, 15) is 23.1 Å². The van der Waals surface area contributed by atoms with Crippen molar-refractivity contribution < 1.29 is 23.1 Å². The topological polar surface area (TPSA) is 145 Å². The van der Waals surface area contributed by atoms with Gasteiger partial charge in [0.25, 0.3) is 11.8 Å². The zero-order valence-electron chi connectivity index (χ0n) is 20.1. The van der Waals surface area contributed by atoms with Gasteiger partial charge in [-0.25, -0.2) is 13.4 Å². The minimum atomic E-state index is -3.88. The number of carbonyl (C=O) groups excluding carboxylic acids is 2. The zero-order valence-corrected chi connectivity index (χ0v) is 21.6. The molecule has 0 bridgehead atoms. The van der Waals surface area contributed by atoms with Gasteiger partial charge in [0.2, 0.25) is 0 Å². The van der Waals surface area contributed by atoms with Crippen molar-refractivity contribution in [2.45, 2.75) is 61.8 Å². The van der Waals surface area contributed by atoms with E-state index in [0.717, 1.165) is 5.56 Å². The summed E-state index contributed by atoms with van der Waals surface area (Å²) in [6, 6.07) is 8.88. The lowest BCUT2D eigenvalue weighted by atomic mass is 10.0. The van der Waals surface area contributed by atoms with Crippen LogP contribution in [0, 0.1) is 11.3 Å². The van der Waals surface area contributed by atoms with Crippen LogP contribution in [-0.4, -0.2) is 68.5 Å². The van der Waals surface area contributed by atoms with E-state index >= 15 is 0 Å². The third-order valence-corrected chi connectivity index (χ3v) is 10.7. The lowest BCUT2D eigenvalue weighted by Gasteiger charge is -2.37. The fourth-order valence-corrected chi connectivity index (χ4v) is 7.17. The van der Waals surface area contributed by atoms with Crippen molar-refractivity contribution in [3.63, 3.8) is 0 Å². The van der Waals surface area contributed by atoms with Crippen LogP contribution < -0.4 is 5.32 Å². The van der Waals surface area contributed by atoms with Crippen LogP contribution >= 0.6 is 11.6 Å². The highest BCUT2D eigenvalue weighted by atomic mass is 35.5. The van der Waals surface area contributed by atoms with Crippen molar-refractivity contribution in [1.29, 1.82) is 5.26 Å². The second-order valence-corrected chi connectivity index (χ2v) is 13.2. The summed E-state index contributed by atoms with van der Waals surface area (Å²) in [5.74, 6) is -0.712. The first-order valence-corrected chi connectivity index (χ1v) is 13.5. The van der Waals surface area contributed by atoms with E-state index in [1.165, 1.54) is 24.9 Å². The van der Waals surface area contributed by atoms with Crippen LogP contribution in [0.25, 0.3) is 0 Å². The van der Waals surface area contributed by atoms with Crippen molar-refractivity contribution in [1.82, 2.24) is 19.8 Å². The molecule has 192 valence electrons. The number of imidazole rings is 1. The average Bonchev–Trinajstić information content (AvgIpc) is 3.50. The fourth-order valence-electron chi connectivity index (χ4n) is 4.52. The lowest BCUT2D eigenvalue weighted by Crippen LogP contribution is -2.54. The summed E-state index contributed by atoms with van der Waals surface area (Å²) < 4.78 is 25.8. The number of hydrogen-bond donors (Lipinski definition) is 2. The Hall–Kier alpha value is -2.94. The molecule has 0 radical (unpaired) electrons. The number of aromatic nitrogens is 2. The van der Waals surface area contributed by atoms with Gasteiger partial charge < -0.3 is 19.9 Å². The lowest BCUT2D eigenvalue weighted by molar-refractivity contribution is 0.0697. The number of nitrogens with one attached hydrogen (secondary N) is 1. The third-order valence-electron chi connectivity index (χ3n) is 7.16.